The molecular formula is C18H17F3N4O2. The lowest BCUT2D eigenvalue weighted by molar-refractivity contribution is -0.117. The summed E-state index contributed by atoms with van der Waals surface area (Å²) in [5.41, 5.74) is 0.379. The zero-order valence-electron chi connectivity index (χ0n) is 14.2. The number of aromatic nitrogens is 2. The second kappa shape index (κ2) is 7.65. The molecule has 0 unspecified atom stereocenters. The van der Waals surface area contributed by atoms with E-state index in [-0.39, 0.29) is 29.5 Å². The molecule has 1 fully saturated rings. The number of nitrogens with one attached hydrogen (secondary N) is 2. The topological polar surface area (TPSA) is 76.0 Å². The van der Waals surface area contributed by atoms with Crippen molar-refractivity contribution in [2.45, 2.75) is 31.7 Å². The molecule has 0 spiro atoms. The third kappa shape index (κ3) is 4.55. The van der Waals surface area contributed by atoms with Crippen molar-refractivity contribution in [3.05, 3.63) is 54.1 Å². The van der Waals surface area contributed by atoms with E-state index in [2.05, 4.69) is 22.3 Å². The van der Waals surface area contributed by atoms with Crippen LogP contribution in [0.5, 0.6) is 0 Å². The summed E-state index contributed by atoms with van der Waals surface area (Å²) in [5.74, 6) is -1.63. The zero-order chi connectivity index (χ0) is 19.6. The van der Waals surface area contributed by atoms with E-state index in [1.807, 2.05) is 0 Å². The monoisotopic (exact) mass is 378 g/mol. The molecular weight excluding hydrogens is 361 g/mol. The molecule has 0 aliphatic heterocycles. The highest BCUT2D eigenvalue weighted by molar-refractivity contribution is 5.99. The van der Waals surface area contributed by atoms with Gasteiger partial charge in [-0.1, -0.05) is 6.58 Å². The molecule has 27 heavy (non-hydrogen) atoms. The zero-order valence-corrected chi connectivity index (χ0v) is 14.2. The van der Waals surface area contributed by atoms with Gasteiger partial charge in [0.15, 0.2) is 0 Å². The fourth-order valence-corrected chi connectivity index (χ4v) is 2.61. The normalized spacial score (nSPS) is 13.5. The molecule has 1 heterocycles. The van der Waals surface area contributed by atoms with Crippen LogP contribution in [0.1, 0.15) is 36.6 Å². The number of alkyl halides is 2. The Labute approximate surface area is 153 Å². The molecule has 1 aliphatic rings. The lowest BCUT2D eigenvalue weighted by Gasteiger charge is -2.10. The van der Waals surface area contributed by atoms with Crippen LogP contribution in [0.4, 0.5) is 24.5 Å². The number of hydrogen-bond acceptors (Lipinski definition) is 3. The van der Waals surface area contributed by atoms with Crippen molar-refractivity contribution < 1.29 is 22.8 Å². The van der Waals surface area contributed by atoms with Crippen molar-refractivity contribution in [1.82, 2.24) is 9.78 Å². The number of rotatable bonds is 7. The van der Waals surface area contributed by atoms with Gasteiger partial charge < -0.3 is 10.6 Å². The van der Waals surface area contributed by atoms with Gasteiger partial charge in [0, 0.05) is 17.3 Å². The van der Waals surface area contributed by atoms with E-state index < -0.39 is 24.1 Å². The van der Waals surface area contributed by atoms with Gasteiger partial charge in [0.1, 0.15) is 18.1 Å². The Hall–Kier alpha value is -3.10. The highest BCUT2D eigenvalue weighted by atomic mass is 19.3. The second-order valence-electron chi connectivity index (χ2n) is 6.16. The maximum Gasteiger partial charge on any atom is 0.282 e. The average Bonchev–Trinajstić information content (AvgIpc) is 3.38. The van der Waals surface area contributed by atoms with Gasteiger partial charge in [-0.25, -0.2) is 13.2 Å². The van der Waals surface area contributed by atoms with Crippen LogP contribution in [0.3, 0.4) is 0 Å². The summed E-state index contributed by atoms with van der Waals surface area (Å²) >= 11 is 0. The number of nitrogens with zero attached hydrogens (tertiary/aromatic N) is 2. The molecule has 3 rings (SSSR count). The fraction of sp³-hybridized carbons (Fsp3) is 0.278. The number of carbonyl (C=O) groups excluding carboxylic acids is 2. The number of hydrogen-bond donors (Lipinski definition) is 2. The average molecular weight is 378 g/mol. The van der Waals surface area contributed by atoms with Crippen molar-refractivity contribution in [2.24, 2.45) is 0 Å². The smallest absolute Gasteiger partial charge is 0.282 e. The van der Waals surface area contributed by atoms with Gasteiger partial charge in [-0.15, -0.1) is 0 Å². The molecule has 1 aromatic heterocycles. The molecule has 2 aromatic rings. The Morgan fingerprint density at radius 3 is 2.67 bits per heavy atom. The van der Waals surface area contributed by atoms with Gasteiger partial charge >= 0.3 is 0 Å². The standard InChI is InChI=1S/C18H17F3N4O2/c1-2-16(26)23-13-7-11(5-6-12(13)19)22-17(27)9-25-15(10-3-4-10)8-14(24-25)18(20)21/h2,5-8,10,18H,1,3-4,9H2,(H,22,27)(H,23,26). The maximum absolute atomic E-state index is 13.7. The van der Waals surface area contributed by atoms with Gasteiger partial charge in [-0.05, 0) is 43.2 Å². The lowest BCUT2D eigenvalue weighted by Crippen LogP contribution is -2.21. The minimum atomic E-state index is -2.71. The summed E-state index contributed by atoms with van der Waals surface area (Å²) in [6.45, 7) is 3.03. The molecule has 0 bridgehead atoms. The molecule has 0 saturated heterocycles. The van der Waals surface area contributed by atoms with Gasteiger partial charge in [-0.2, -0.15) is 5.10 Å². The van der Waals surface area contributed by atoms with Crippen LogP contribution < -0.4 is 10.6 Å². The van der Waals surface area contributed by atoms with E-state index in [1.165, 1.54) is 22.9 Å². The van der Waals surface area contributed by atoms with Crippen molar-refractivity contribution in [3.8, 4) is 0 Å². The first kappa shape index (κ1) is 18.7. The second-order valence-corrected chi connectivity index (χ2v) is 6.16. The van der Waals surface area contributed by atoms with E-state index in [9.17, 15) is 22.8 Å². The van der Waals surface area contributed by atoms with Gasteiger partial charge in [0.2, 0.25) is 11.8 Å². The lowest BCUT2D eigenvalue weighted by atomic mass is 10.2. The number of amides is 2. The minimum absolute atomic E-state index is 0.115. The molecule has 2 amide bonds. The van der Waals surface area contributed by atoms with Crippen molar-refractivity contribution in [1.29, 1.82) is 0 Å². The first-order valence-corrected chi connectivity index (χ1v) is 8.26. The highest BCUT2D eigenvalue weighted by Gasteiger charge is 2.30. The molecule has 1 saturated carbocycles. The number of halogens is 3. The van der Waals surface area contributed by atoms with Gasteiger partial charge in [-0.3, -0.25) is 14.3 Å². The summed E-state index contributed by atoms with van der Waals surface area (Å²) in [6, 6.07) is 5.00. The van der Waals surface area contributed by atoms with Crippen LogP contribution in [0.2, 0.25) is 0 Å². The summed E-state index contributed by atoms with van der Waals surface area (Å²) < 4.78 is 40.8. The predicted octanol–water partition coefficient (Wildman–Crippen LogP) is 3.60. The van der Waals surface area contributed by atoms with Gasteiger partial charge in [0.25, 0.3) is 6.43 Å². The minimum Gasteiger partial charge on any atom is -0.324 e. The van der Waals surface area contributed by atoms with Crippen LogP contribution in [-0.4, -0.2) is 21.6 Å². The van der Waals surface area contributed by atoms with E-state index in [4.69, 9.17) is 0 Å². The molecule has 0 radical (unpaired) electrons. The van der Waals surface area contributed by atoms with Crippen molar-refractivity contribution in [2.75, 3.05) is 10.6 Å². The molecule has 2 N–H and O–H groups in total. The van der Waals surface area contributed by atoms with Crippen LogP contribution in [-0.2, 0) is 16.1 Å². The summed E-state index contributed by atoms with van der Waals surface area (Å²) in [5, 5.41) is 8.64. The molecule has 0 atom stereocenters. The highest BCUT2D eigenvalue weighted by Crippen LogP contribution is 2.41. The summed E-state index contributed by atoms with van der Waals surface area (Å²) in [4.78, 5) is 23.6. The molecule has 9 heteroatoms. The Kier molecular flexibility index (Phi) is 5.29. The van der Waals surface area contributed by atoms with E-state index in [0.29, 0.717) is 5.69 Å². The Morgan fingerprint density at radius 2 is 2.04 bits per heavy atom. The number of carbonyl (C=O) groups is 2. The van der Waals surface area contributed by atoms with E-state index >= 15 is 0 Å². The third-order valence-electron chi connectivity index (χ3n) is 4.04. The summed E-state index contributed by atoms with van der Waals surface area (Å²) in [6.07, 6.45) is 0.0307. The van der Waals surface area contributed by atoms with Crippen LogP contribution in [0.15, 0.2) is 36.9 Å². The van der Waals surface area contributed by atoms with Crippen LogP contribution in [0, 0.1) is 5.82 Å². The number of benzene rings is 1. The van der Waals surface area contributed by atoms with Gasteiger partial charge in [0.05, 0.1) is 5.69 Å². The molecule has 142 valence electrons. The van der Waals surface area contributed by atoms with Crippen molar-refractivity contribution >= 4 is 23.2 Å². The Morgan fingerprint density at radius 1 is 1.30 bits per heavy atom. The first-order chi connectivity index (χ1) is 12.9. The quantitative estimate of drug-likeness (QED) is 0.723. The number of anilines is 2. The Bertz CT molecular complexity index is 891. The van der Waals surface area contributed by atoms with E-state index in [1.54, 1.807) is 0 Å². The third-order valence-corrected chi connectivity index (χ3v) is 4.04. The first-order valence-electron chi connectivity index (χ1n) is 8.26. The maximum atomic E-state index is 13.7. The molecule has 6 nitrogen and oxygen atoms in total. The van der Waals surface area contributed by atoms with Crippen molar-refractivity contribution in [3.63, 3.8) is 0 Å². The van der Waals surface area contributed by atoms with E-state index in [0.717, 1.165) is 25.0 Å². The largest absolute Gasteiger partial charge is 0.324 e. The predicted molar refractivity (Wildman–Crippen MR) is 93.0 cm³/mol. The summed E-state index contributed by atoms with van der Waals surface area (Å²) in [7, 11) is 0. The fourth-order valence-electron chi connectivity index (χ4n) is 2.61. The Balaban J connectivity index is 1.72. The van der Waals surface area contributed by atoms with Crippen LogP contribution in [0.25, 0.3) is 0 Å². The molecule has 1 aromatic carbocycles. The molecule has 1 aliphatic carbocycles. The SMILES string of the molecule is C=CC(=O)Nc1cc(NC(=O)Cn2nc(C(F)F)cc2C2CC2)ccc1F. The van der Waals surface area contributed by atoms with Crippen LogP contribution >= 0.6 is 0 Å².